The van der Waals surface area contributed by atoms with Gasteiger partial charge >= 0.3 is 18.0 Å². The van der Waals surface area contributed by atoms with Gasteiger partial charge in [-0.2, -0.15) is 0 Å². The maximum absolute atomic E-state index is 13.0. The first-order valence-electron chi connectivity index (χ1n) is 12.2. The highest BCUT2D eigenvalue weighted by molar-refractivity contribution is 5.96. The Bertz CT molecular complexity index is 947. The van der Waals surface area contributed by atoms with Gasteiger partial charge in [-0.15, -0.1) is 0 Å². The fourth-order valence-electron chi connectivity index (χ4n) is 4.73. The first-order valence-corrected chi connectivity index (χ1v) is 12.2. The highest BCUT2D eigenvalue weighted by Crippen LogP contribution is 2.63. The highest BCUT2D eigenvalue weighted by atomic mass is 16.6. The molecule has 0 aromatic heterocycles. The third-order valence-corrected chi connectivity index (χ3v) is 6.61. The SMILES string of the molecule is COC(=O)[C@H]1[C@@H]2CC[C@@](NC(=O)[C@H](C)NC(=O)[C@H](C)NC(=O)[C@H](C)NC(=O)OC(C)(C)C)(C(=O)OC)[C@@H]21. The van der Waals surface area contributed by atoms with Crippen molar-refractivity contribution in [2.75, 3.05) is 14.2 Å². The van der Waals surface area contributed by atoms with Gasteiger partial charge in [-0.25, -0.2) is 9.59 Å². The Kier molecular flexibility index (Phi) is 9.15. The number of hydrogen-bond donors (Lipinski definition) is 4. The number of hydrogen-bond acceptors (Lipinski definition) is 9. The van der Waals surface area contributed by atoms with Crippen LogP contribution in [0.5, 0.6) is 0 Å². The van der Waals surface area contributed by atoms with Gasteiger partial charge in [0.1, 0.15) is 29.3 Å². The van der Waals surface area contributed by atoms with E-state index < -0.39 is 76.9 Å². The lowest BCUT2D eigenvalue weighted by atomic mass is 9.89. The second-order valence-electron chi connectivity index (χ2n) is 10.6. The number of esters is 2. The summed E-state index contributed by atoms with van der Waals surface area (Å²) in [5, 5.41) is 10.0. The van der Waals surface area contributed by atoms with E-state index in [0.717, 1.165) is 0 Å². The van der Waals surface area contributed by atoms with Crippen molar-refractivity contribution >= 4 is 35.8 Å². The molecule has 2 rings (SSSR count). The van der Waals surface area contributed by atoms with Crippen LogP contribution in [0.3, 0.4) is 0 Å². The van der Waals surface area contributed by atoms with Gasteiger partial charge in [0, 0.05) is 5.92 Å². The molecule has 13 heteroatoms. The zero-order valence-corrected chi connectivity index (χ0v) is 22.6. The van der Waals surface area contributed by atoms with Gasteiger partial charge in [0.05, 0.1) is 20.1 Å². The smallest absolute Gasteiger partial charge is 0.408 e. The van der Waals surface area contributed by atoms with Crippen LogP contribution in [0.1, 0.15) is 54.4 Å². The fraction of sp³-hybridized carbons (Fsp3) is 0.750. The molecule has 0 aromatic rings. The van der Waals surface area contributed by atoms with E-state index >= 15 is 0 Å². The lowest BCUT2D eigenvalue weighted by molar-refractivity contribution is -0.153. The molecule has 2 fully saturated rings. The third kappa shape index (κ3) is 6.89. The van der Waals surface area contributed by atoms with Gasteiger partial charge in [0.15, 0.2) is 0 Å². The molecule has 0 saturated heterocycles. The van der Waals surface area contributed by atoms with Gasteiger partial charge in [-0.1, -0.05) is 0 Å². The number of alkyl carbamates (subject to hydrolysis) is 1. The predicted octanol–water partition coefficient (Wildman–Crippen LogP) is -0.234. The van der Waals surface area contributed by atoms with Crippen molar-refractivity contribution in [3.05, 3.63) is 0 Å². The van der Waals surface area contributed by atoms with Gasteiger partial charge in [-0.05, 0) is 60.3 Å². The normalized spacial score (nSPS) is 26.3. The summed E-state index contributed by atoms with van der Waals surface area (Å²) in [5.74, 6) is -4.09. The van der Waals surface area contributed by atoms with Crippen LogP contribution in [-0.2, 0) is 38.2 Å². The second-order valence-corrected chi connectivity index (χ2v) is 10.6. The average Bonchev–Trinajstić information content (AvgIpc) is 3.42. The van der Waals surface area contributed by atoms with Crippen molar-refractivity contribution in [1.29, 1.82) is 0 Å². The van der Waals surface area contributed by atoms with E-state index in [1.807, 2.05) is 0 Å². The van der Waals surface area contributed by atoms with E-state index in [0.29, 0.717) is 12.8 Å². The largest absolute Gasteiger partial charge is 0.469 e. The molecule has 0 radical (unpaired) electrons. The summed E-state index contributed by atoms with van der Waals surface area (Å²) in [6.45, 7) is 9.32. The number of carbonyl (C=O) groups excluding carboxylic acids is 6. The topological polar surface area (TPSA) is 178 Å². The number of rotatable bonds is 9. The second kappa shape index (κ2) is 11.3. The summed E-state index contributed by atoms with van der Waals surface area (Å²) in [4.78, 5) is 74.6. The van der Waals surface area contributed by atoms with Gasteiger partial charge in [-0.3, -0.25) is 19.2 Å². The molecular formula is C24H38N4O9. The van der Waals surface area contributed by atoms with E-state index in [4.69, 9.17) is 14.2 Å². The molecule has 0 unspecified atom stereocenters. The van der Waals surface area contributed by atoms with Crippen molar-refractivity contribution in [1.82, 2.24) is 21.3 Å². The Morgan fingerprint density at radius 3 is 1.81 bits per heavy atom. The number of fused-ring (bicyclic) bond motifs is 1. The standard InChI is InChI=1S/C24H38N4O9/c1-11(25-18(30)12(2)27-22(34)37-23(4,5)6)17(29)26-13(3)19(31)28-24(21(33)36-8)10-9-14-15(16(14)24)20(32)35-7/h11-16H,9-10H2,1-8H3,(H,25,30)(H,26,29)(H,27,34)(H,28,31)/t11-,12-,13-,14-,15-,16-,24-/m0/s1. The van der Waals surface area contributed by atoms with Gasteiger partial charge in [0.25, 0.3) is 0 Å². The molecule has 4 N–H and O–H groups in total. The molecule has 2 aliphatic rings. The summed E-state index contributed by atoms with van der Waals surface area (Å²) < 4.78 is 14.9. The van der Waals surface area contributed by atoms with Crippen LogP contribution in [-0.4, -0.2) is 79.2 Å². The first kappa shape index (κ1) is 29.8. The summed E-state index contributed by atoms with van der Waals surface area (Å²) >= 11 is 0. The lowest BCUT2D eigenvalue weighted by Gasteiger charge is -2.31. The number of amides is 4. The van der Waals surface area contributed by atoms with Crippen molar-refractivity contribution in [3.63, 3.8) is 0 Å². The quantitative estimate of drug-likeness (QED) is 0.233. The molecule has 13 nitrogen and oxygen atoms in total. The van der Waals surface area contributed by atoms with Gasteiger partial charge in [0.2, 0.25) is 17.7 Å². The van der Waals surface area contributed by atoms with Crippen molar-refractivity contribution in [3.8, 4) is 0 Å². The first-order chi connectivity index (χ1) is 17.1. The Balaban J connectivity index is 1.94. The van der Waals surface area contributed by atoms with Crippen LogP contribution >= 0.6 is 0 Å². The predicted molar refractivity (Wildman–Crippen MR) is 129 cm³/mol. The van der Waals surface area contributed by atoms with Crippen LogP contribution in [0.25, 0.3) is 0 Å². The Labute approximate surface area is 216 Å². The van der Waals surface area contributed by atoms with E-state index in [1.54, 1.807) is 20.8 Å². The average molecular weight is 527 g/mol. The van der Waals surface area contributed by atoms with E-state index in [1.165, 1.54) is 35.0 Å². The number of methoxy groups -OCH3 is 2. The van der Waals surface area contributed by atoms with Gasteiger partial charge < -0.3 is 35.5 Å². The van der Waals surface area contributed by atoms with Crippen molar-refractivity contribution < 1.29 is 43.0 Å². The Morgan fingerprint density at radius 1 is 0.811 bits per heavy atom. The summed E-state index contributed by atoms with van der Waals surface area (Å²) in [6.07, 6.45) is 0.0552. The van der Waals surface area contributed by atoms with Crippen molar-refractivity contribution in [2.24, 2.45) is 17.8 Å². The molecule has 2 aliphatic carbocycles. The summed E-state index contributed by atoms with van der Waals surface area (Å²) in [5.41, 5.74) is -2.13. The third-order valence-electron chi connectivity index (χ3n) is 6.61. The lowest BCUT2D eigenvalue weighted by Crippen LogP contribution is -2.61. The minimum Gasteiger partial charge on any atom is -0.469 e. The van der Waals surface area contributed by atoms with Crippen LogP contribution in [0.4, 0.5) is 4.79 Å². The van der Waals surface area contributed by atoms with Crippen LogP contribution in [0.2, 0.25) is 0 Å². The zero-order valence-electron chi connectivity index (χ0n) is 22.6. The maximum atomic E-state index is 13.0. The Hall–Kier alpha value is -3.38. The monoisotopic (exact) mass is 526 g/mol. The highest BCUT2D eigenvalue weighted by Gasteiger charge is 2.72. The maximum Gasteiger partial charge on any atom is 0.408 e. The molecule has 0 aliphatic heterocycles. The fourth-order valence-corrected chi connectivity index (χ4v) is 4.73. The van der Waals surface area contributed by atoms with E-state index in [2.05, 4.69) is 21.3 Å². The minimum absolute atomic E-state index is 0.0942. The summed E-state index contributed by atoms with van der Waals surface area (Å²) in [7, 11) is 2.47. The molecule has 4 amide bonds. The molecule has 37 heavy (non-hydrogen) atoms. The van der Waals surface area contributed by atoms with Crippen LogP contribution in [0, 0.1) is 17.8 Å². The zero-order chi connectivity index (χ0) is 28.3. The number of ether oxygens (including phenoxy) is 3. The minimum atomic E-state index is -1.39. The molecule has 0 bridgehead atoms. The molecule has 208 valence electrons. The van der Waals surface area contributed by atoms with E-state index in [9.17, 15) is 28.8 Å². The van der Waals surface area contributed by atoms with E-state index in [-0.39, 0.29) is 5.92 Å². The van der Waals surface area contributed by atoms with Crippen molar-refractivity contribution in [2.45, 2.75) is 83.6 Å². The number of nitrogens with one attached hydrogen (secondary N) is 4. The van der Waals surface area contributed by atoms with Crippen LogP contribution in [0.15, 0.2) is 0 Å². The molecule has 0 spiro atoms. The Morgan fingerprint density at radius 2 is 1.32 bits per heavy atom. The molecule has 0 heterocycles. The summed E-state index contributed by atoms with van der Waals surface area (Å²) in [6, 6.07) is -3.09. The molecule has 7 atom stereocenters. The number of carbonyl (C=O) groups is 6. The molecule has 2 saturated carbocycles. The molecule has 0 aromatic carbocycles. The molecular weight excluding hydrogens is 488 g/mol. The van der Waals surface area contributed by atoms with Crippen LogP contribution < -0.4 is 21.3 Å².